The molecule has 1 atom stereocenters. The molecule has 0 spiro atoms. The van der Waals surface area contributed by atoms with Gasteiger partial charge in [-0.3, -0.25) is 14.6 Å². The van der Waals surface area contributed by atoms with Crippen molar-refractivity contribution in [2.45, 2.75) is 25.3 Å². The molecule has 1 aromatic heterocycles. The van der Waals surface area contributed by atoms with Crippen molar-refractivity contribution < 1.29 is 9.59 Å². The summed E-state index contributed by atoms with van der Waals surface area (Å²) in [6.07, 6.45) is 5.85. The van der Waals surface area contributed by atoms with Crippen LogP contribution in [-0.2, 0) is 9.59 Å². The summed E-state index contributed by atoms with van der Waals surface area (Å²) in [6.45, 7) is 0.783. The largest absolute Gasteiger partial charge is 0.344 e. The standard InChI is InChI=1S/C19H21N3O2/c23-17(14-22-13-5-4-8-18(22)24)21-19(15-6-2-1-3-7-15)16-9-11-20-12-10-16/h1-3,6-7,9-12,19H,4-5,8,13-14H2,(H,21,23)/t19-/m0/s1. The third-order valence-corrected chi connectivity index (χ3v) is 4.23. The van der Waals surface area contributed by atoms with Gasteiger partial charge in [0, 0.05) is 25.4 Å². The van der Waals surface area contributed by atoms with E-state index in [0.29, 0.717) is 13.0 Å². The summed E-state index contributed by atoms with van der Waals surface area (Å²) < 4.78 is 0. The van der Waals surface area contributed by atoms with Gasteiger partial charge < -0.3 is 10.2 Å². The van der Waals surface area contributed by atoms with Crippen LogP contribution >= 0.6 is 0 Å². The van der Waals surface area contributed by atoms with E-state index in [1.165, 1.54) is 0 Å². The average Bonchev–Trinajstić information content (AvgIpc) is 2.63. The van der Waals surface area contributed by atoms with Gasteiger partial charge in [-0.05, 0) is 36.1 Å². The van der Waals surface area contributed by atoms with Crippen LogP contribution in [0.5, 0.6) is 0 Å². The molecule has 124 valence electrons. The molecule has 3 rings (SSSR count). The lowest BCUT2D eigenvalue weighted by molar-refractivity contribution is -0.137. The van der Waals surface area contributed by atoms with E-state index in [-0.39, 0.29) is 24.4 Å². The molecule has 0 radical (unpaired) electrons. The van der Waals surface area contributed by atoms with Gasteiger partial charge in [0.15, 0.2) is 0 Å². The van der Waals surface area contributed by atoms with Gasteiger partial charge in [0.1, 0.15) is 0 Å². The van der Waals surface area contributed by atoms with Crippen molar-refractivity contribution in [1.82, 2.24) is 15.2 Å². The van der Waals surface area contributed by atoms with Crippen molar-refractivity contribution in [2.75, 3.05) is 13.1 Å². The number of pyridine rings is 1. The molecule has 0 unspecified atom stereocenters. The number of rotatable bonds is 5. The molecule has 1 N–H and O–H groups in total. The molecule has 24 heavy (non-hydrogen) atoms. The van der Waals surface area contributed by atoms with E-state index in [2.05, 4.69) is 10.3 Å². The molecule has 0 saturated carbocycles. The molecule has 1 aliphatic heterocycles. The number of amides is 2. The Bertz CT molecular complexity index is 649. The fourth-order valence-corrected chi connectivity index (χ4v) is 2.97. The van der Waals surface area contributed by atoms with Crippen molar-refractivity contribution in [1.29, 1.82) is 0 Å². The first-order valence-electron chi connectivity index (χ1n) is 8.26. The quantitative estimate of drug-likeness (QED) is 0.918. The highest BCUT2D eigenvalue weighted by Gasteiger charge is 2.23. The second-order valence-corrected chi connectivity index (χ2v) is 5.96. The predicted octanol–water partition coefficient (Wildman–Crippen LogP) is 2.30. The number of carbonyl (C=O) groups excluding carboxylic acids is 2. The predicted molar refractivity (Wildman–Crippen MR) is 91.1 cm³/mol. The zero-order chi connectivity index (χ0) is 16.8. The molecule has 0 aliphatic carbocycles. The fourth-order valence-electron chi connectivity index (χ4n) is 2.97. The summed E-state index contributed by atoms with van der Waals surface area (Å²) in [5.74, 6) is -0.0764. The molecule has 2 aromatic rings. The third-order valence-electron chi connectivity index (χ3n) is 4.23. The summed E-state index contributed by atoms with van der Waals surface area (Å²) in [6, 6.07) is 13.3. The van der Waals surface area contributed by atoms with Crippen LogP contribution in [0.4, 0.5) is 0 Å². The van der Waals surface area contributed by atoms with E-state index in [4.69, 9.17) is 0 Å². The van der Waals surface area contributed by atoms with E-state index in [1.807, 2.05) is 42.5 Å². The number of hydrogen-bond donors (Lipinski definition) is 1. The van der Waals surface area contributed by atoms with Crippen LogP contribution in [0.25, 0.3) is 0 Å². The van der Waals surface area contributed by atoms with Gasteiger partial charge in [-0.15, -0.1) is 0 Å². The van der Waals surface area contributed by atoms with Gasteiger partial charge in [0.05, 0.1) is 12.6 Å². The second kappa shape index (κ2) is 7.73. The van der Waals surface area contributed by atoms with Crippen LogP contribution in [0.15, 0.2) is 54.9 Å². The molecular formula is C19H21N3O2. The highest BCUT2D eigenvalue weighted by atomic mass is 16.2. The van der Waals surface area contributed by atoms with E-state index in [9.17, 15) is 9.59 Å². The van der Waals surface area contributed by atoms with Crippen LogP contribution in [0.1, 0.15) is 36.4 Å². The van der Waals surface area contributed by atoms with Crippen LogP contribution in [0.3, 0.4) is 0 Å². The van der Waals surface area contributed by atoms with Gasteiger partial charge in [0.25, 0.3) is 0 Å². The van der Waals surface area contributed by atoms with Crippen molar-refractivity contribution in [2.24, 2.45) is 0 Å². The number of nitrogens with one attached hydrogen (secondary N) is 1. The summed E-state index contributed by atoms with van der Waals surface area (Å²) in [4.78, 5) is 30.1. The minimum absolute atomic E-state index is 0.0663. The summed E-state index contributed by atoms with van der Waals surface area (Å²) in [7, 11) is 0. The number of hydrogen-bond acceptors (Lipinski definition) is 3. The van der Waals surface area contributed by atoms with Crippen LogP contribution in [0, 0.1) is 0 Å². The number of piperidine rings is 1. The summed E-state index contributed by atoms with van der Waals surface area (Å²) in [5, 5.41) is 3.06. The minimum atomic E-state index is -0.249. The van der Waals surface area contributed by atoms with E-state index in [0.717, 1.165) is 24.0 Å². The van der Waals surface area contributed by atoms with Crippen LogP contribution in [0.2, 0.25) is 0 Å². The molecule has 5 nitrogen and oxygen atoms in total. The van der Waals surface area contributed by atoms with Crippen LogP contribution in [-0.4, -0.2) is 34.8 Å². The Balaban J connectivity index is 1.74. The lowest BCUT2D eigenvalue weighted by atomic mass is 9.99. The van der Waals surface area contributed by atoms with Crippen molar-refractivity contribution >= 4 is 11.8 Å². The first-order valence-corrected chi connectivity index (χ1v) is 8.26. The Morgan fingerprint density at radius 2 is 1.79 bits per heavy atom. The van der Waals surface area contributed by atoms with Gasteiger partial charge in [-0.1, -0.05) is 30.3 Å². The summed E-state index contributed by atoms with van der Waals surface area (Å²) >= 11 is 0. The Morgan fingerprint density at radius 1 is 1.08 bits per heavy atom. The van der Waals surface area contributed by atoms with Crippen LogP contribution < -0.4 is 5.32 Å². The maximum Gasteiger partial charge on any atom is 0.240 e. The van der Waals surface area contributed by atoms with Crippen molar-refractivity contribution in [3.63, 3.8) is 0 Å². The minimum Gasteiger partial charge on any atom is -0.344 e. The number of benzene rings is 1. The Labute approximate surface area is 141 Å². The molecule has 0 bridgehead atoms. The number of likely N-dealkylation sites (tertiary alicyclic amines) is 1. The Kier molecular flexibility index (Phi) is 5.21. The van der Waals surface area contributed by atoms with Gasteiger partial charge in [0.2, 0.25) is 11.8 Å². The van der Waals surface area contributed by atoms with E-state index < -0.39 is 0 Å². The van der Waals surface area contributed by atoms with Gasteiger partial charge in [-0.25, -0.2) is 0 Å². The first-order chi connectivity index (χ1) is 11.7. The average molecular weight is 323 g/mol. The number of carbonyl (C=O) groups is 2. The molecule has 2 heterocycles. The summed E-state index contributed by atoms with van der Waals surface area (Å²) in [5.41, 5.74) is 1.97. The monoisotopic (exact) mass is 323 g/mol. The Morgan fingerprint density at radius 3 is 2.50 bits per heavy atom. The fraction of sp³-hybridized carbons (Fsp3) is 0.316. The van der Waals surface area contributed by atoms with E-state index in [1.54, 1.807) is 17.3 Å². The first kappa shape index (κ1) is 16.2. The molecule has 1 saturated heterocycles. The third kappa shape index (κ3) is 3.98. The normalized spacial score (nSPS) is 15.8. The second-order valence-electron chi connectivity index (χ2n) is 5.96. The molecule has 2 amide bonds. The van der Waals surface area contributed by atoms with Gasteiger partial charge in [-0.2, -0.15) is 0 Å². The van der Waals surface area contributed by atoms with Crippen molar-refractivity contribution in [3.05, 3.63) is 66.0 Å². The molecular weight excluding hydrogens is 302 g/mol. The lowest BCUT2D eigenvalue weighted by Crippen LogP contribution is -2.44. The smallest absolute Gasteiger partial charge is 0.240 e. The zero-order valence-electron chi connectivity index (χ0n) is 13.5. The maximum atomic E-state index is 12.5. The topological polar surface area (TPSA) is 62.3 Å². The number of aromatic nitrogens is 1. The van der Waals surface area contributed by atoms with Crippen molar-refractivity contribution in [3.8, 4) is 0 Å². The highest BCUT2D eigenvalue weighted by Crippen LogP contribution is 2.21. The molecule has 1 aromatic carbocycles. The SMILES string of the molecule is O=C(CN1CCCCC1=O)N[C@@H](c1ccccc1)c1ccncc1. The maximum absolute atomic E-state index is 12.5. The Hall–Kier alpha value is -2.69. The lowest BCUT2D eigenvalue weighted by Gasteiger charge is -2.27. The highest BCUT2D eigenvalue weighted by molar-refractivity contribution is 5.85. The molecule has 1 aliphatic rings. The molecule has 1 fully saturated rings. The zero-order valence-corrected chi connectivity index (χ0v) is 13.5. The van der Waals surface area contributed by atoms with Gasteiger partial charge >= 0.3 is 0 Å². The van der Waals surface area contributed by atoms with E-state index >= 15 is 0 Å². The number of nitrogens with zero attached hydrogens (tertiary/aromatic N) is 2. The molecule has 5 heteroatoms.